The largest absolute Gasteiger partial charge is 0.384 e. The Morgan fingerprint density at radius 2 is 2.08 bits per heavy atom. The Morgan fingerprint density at radius 1 is 1.28 bits per heavy atom. The molecule has 0 saturated carbocycles. The van der Waals surface area contributed by atoms with Gasteiger partial charge in [0.2, 0.25) is 11.8 Å². The maximum atomic E-state index is 12.4. The minimum absolute atomic E-state index is 0.0436. The first-order valence-electron chi connectivity index (χ1n) is 9.05. The van der Waals surface area contributed by atoms with Crippen LogP contribution in [0.3, 0.4) is 0 Å². The van der Waals surface area contributed by atoms with Gasteiger partial charge in [-0.1, -0.05) is 0 Å². The molecule has 0 bridgehead atoms. The van der Waals surface area contributed by atoms with E-state index in [1.807, 2.05) is 21.9 Å². The van der Waals surface area contributed by atoms with Gasteiger partial charge in [0.05, 0.1) is 13.0 Å². The summed E-state index contributed by atoms with van der Waals surface area (Å²) in [6, 6.07) is 3.91. The van der Waals surface area contributed by atoms with E-state index in [1.54, 1.807) is 19.5 Å². The molecule has 2 aliphatic rings. The zero-order chi connectivity index (χ0) is 17.7. The van der Waals surface area contributed by atoms with Crippen LogP contribution in [-0.2, 0) is 20.9 Å². The van der Waals surface area contributed by atoms with Crippen LogP contribution in [0.15, 0.2) is 24.5 Å². The molecule has 2 fully saturated rings. The first kappa shape index (κ1) is 17.9. The predicted octanol–water partition coefficient (Wildman–Crippen LogP) is 1.85. The standard InChI is InChI=1S/C19H27N3O3/c1-25-12-6-18(24)21-11-2-7-19(14-21)8-3-17(23)22(15-19)13-16-4-9-20-10-5-16/h4-5,9-10H,2-3,6-8,11-15H2,1H3/t19-/m1/s1. The third kappa shape index (κ3) is 4.37. The second-order valence-corrected chi connectivity index (χ2v) is 7.27. The topological polar surface area (TPSA) is 62.7 Å². The number of carbonyl (C=O) groups is 2. The third-order valence-corrected chi connectivity index (χ3v) is 5.41. The van der Waals surface area contributed by atoms with Crippen LogP contribution in [0.5, 0.6) is 0 Å². The molecule has 6 nitrogen and oxygen atoms in total. The van der Waals surface area contributed by atoms with E-state index in [0.29, 0.717) is 26.0 Å². The first-order valence-corrected chi connectivity index (χ1v) is 9.05. The predicted molar refractivity (Wildman–Crippen MR) is 93.6 cm³/mol. The highest BCUT2D eigenvalue weighted by molar-refractivity contribution is 5.78. The summed E-state index contributed by atoms with van der Waals surface area (Å²) in [6.07, 6.45) is 7.51. The molecule has 1 aromatic rings. The van der Waals surface area contributed by atoms with Crippen LogP contribution in [0.2, 0.25) is 0 Å². The van der Waals surface area contributed by atoms with Crippen LogP contribution in [0.4, 0.5) is 0 Å². The number of aromatic nitrogens is 1. The molecular formula is C19H27N3O3. The highest BCUT2D eigenvalue weighted by Gasteiger charge is 2.42. The van der Waals surface area contributed by atoms with Gasteiger partial charge in [0.15, 0.2) is 0 Å². The van der Waals surface area contributed by atoms with Crippen LogP contribution < -0.4 is 0 Å². The molecule has 0 aromatic carbocycles. The van der Waals surface area contributed by atoms with Crippen LogP contribution in [0.1, 0.15) is 37.7 Å². The normalized spacial score (nSPS) is 24.0. The van der Waals surface area contributed by atoms with E-state index < -0.39 is 0 Å². The monoisotopic (exact) mass is 345 g/mol. The number of nitrogens with zero attached hydrogens (tertiary/aromatic N) is 3. The van der Waals surface area contributed by atoms with Gasteiger partial charge < -0.3 is 14.5 Å². The van der Waals surface area contributed by atoms with Gasteiger partial charge in [-0.15, -0.1) is 0 Å². The quantitative estimate of drug-likeness (QED) is 0.817. The summed E-state index contributed by atoms with van der Waals surface area (Å²) in [5, 5.41) is 0. The van der Waals surface area contributed by atoms with Crippen molar-refractivity contribution in [2.24, 2.45) is 5.41 Å². The van der Waals surface area contributed by atoms with Gasteiger partial charge in [-0.3, -0.25) is 14.6 Å². The van der Waals surface area contributed by atoms with Crippen molar-refractivity contribution < 1.29 is 14.3 Å². The van der Waals surface area contributed by atoms with E-state index in [4.69, 9.17) is 4.74 Å². The Balaban J connectivity index is 1.66. The summed E-state index contributed by atoms with van der Waals surface area (Å²) in [4.78, 5) is 32.7. The molecule has 1 atom stereocenters. The van der Waals surface area contributed by atoms with E-state index >= 15 is 0 Å². The van der Waals surface area contributed by atoms with Crippen molar-refractivity contribution in [1.82, 2.24) is 14.8 Å². The lowest BCUT2D eigenvalue weighted by atomic mass is 9.73. The number of ether oxygens (including phenoxy) is 1. The summed E-state index contributed by atoms with van der Waals surface area (Å²) in [5.74, 6) is 0.378. The Kier molecular flexibility index (Phi) is 5.68. The lowest BCUT2D eigenvalue weighted by Gasteiger charge is -2.48. The van der Waals surface area contributed by atoms with Crippen LogP contribution in [0, 0.1) is 5.41 Å². The maximum Gasteiger partial charge on any atom is 0.224 e. The second-order valence-electron chi connectivity index (χ2n) is 7.27. The molecule has 2 amide bonds. The lowest BCUT2D eigenvalue weighted by molar-refractivity contribution is -0.144. The highest BCUT2D eigenvalue weighted by Crippen LogP contribution is 2.39. The van der Waals surface area contributed by atoms with Gasteiger partial charge in [-0.05, 0) is 37.0 Å². The molecule has 0 aliphatic carbocycles. The molecule has 0 N–H and O–H groups in total. The fraction of sp³-hybridized carbons (Fsp3) is 0.632. The average Bonchev–Trinajstić information content (AvgIpc) is 2.64. The number of methoxy groups -OCH3 is 1. The van der Waals surface area contributed by atoms with E-state index in [9.17, 15) is 9.59 Å². The van der Waals surface area contributed by atoms with Crippen LogP contribution in [0.25, 0.3) is 0 Å². The van der Waals surface area contributed by atoms with Crippen LogP contribution in [-0.4, -0.2) is 59.9 Å². The molecule has 3 rings (SSSR count). The molecule has 0 unspecified atom stereocenters. The number of rotatable bonds is 5. The SMILES string of the molecule is COCCC(=O)N1CCC[C@@]2(CCC(=O)N(Cc3ccncc3)C2)C1. The third-order valence-electron chi connectivity index (χ3n) is 5.41. The molecule has 136 valence electrons. The van der Waals surface area contributed by atoms with Gasteiger partial charge in [-0.25, -0.2) is 0 Å². The summed E-state index contributed by atoms with van der Waals surface area (Å²) in [7, 11) is 1.62. The van der Waals surface area contributed by atoms with Crippen molar-refractivity contribution in [3.05, 3.63) is 30.1 Å². The Morgan fingerprint density at radius 3 is 2.84 bits per heavy atom. The Bertz CT molecular complexity index is 607. The van der Waals surface area contributed by atoms with Gasteiger partial charge >= 0.3 is 0 Å². The van der Waals surface area contributed by atoms with Gasteiger partial charge in [0.25, 0.3) is 0 Å². The van der Waals surface area contributed by atoms with E-state index in [0.717, 1.165) is 44.5 Å². The molecule has 1 aromatic heterocycles. The van der Waals surface area contributed by atoms with Gasteiger partial charge in [0.1, 0.15) is 0 Å². The fourth-order valence-electron chi connectivity index (χ4n) is 4.06. The van der Waals surface area contributed by atoms with E-state index in [2.05, 4.69) is 4.98 Å². The molecule has 3 heterocycles. The van der Waals surface area contributed by atoms with Crippen molar-refractivity contribution in [1.29, 1.82) is 0 Å². The number of pyridine rings is 1. The van der Waals surface area contributed by atoms with Crippen LogP contribution >= 0.6 is 0 Å². The summed E-state index contributed by atoms with van der Waals surface area (Å²) in [6.45, 7) is 3.41. The number of hydrogen-bond donors (Lipinski definition) is 0. The molecule has 1 spiro atoms. The minimum atomic E-state index is 0.0436. The van der Waals surface area contributed by atoms with Gasteiger partial charge in [0, 0.05) is 57.5 Å². The molecule has 25 heavy (non-hydrogen) atoms. The van der Waals surface area contributed by atoms with Crippen molar-refractivity contribution in [3.8, 4) is 0 Å². The summed E-state index contributed by atoms with van der Waals surface area (Å²) < 4.78 is 5.03. The van der Waals surface area contributed by atoms with Crippen molar-refractivity contribution in [2.75, 3.05) is 33.4 Å². The zero-order valence-electron chi connectivity index (χ0n) is 14.9. The fourth-order valence-corrected chi connectivity index (χ4v) is 4.06. The number of piperidine rings is 2. The zero-order valence-corrected chi connectivity index (χ0v) is 14.9. The van der Waals surface area contributed by atoms with Crippen molar-refractivity contribution in [2.45, 2.75) is 38.6 Å². The molecule has 2 aliphatic heterocycles. The van der Waals surface area contributed by atoms with Gasteiger partial charge in [-0.2, -0.15) is 0 Å². The highest BCUT2D eigenvalue weighted by atomic mass is 16.5. The smallest absolute Gasteiger partial charge is 0.224 e. The molecule has 0 radical (unpaired) electrons. The van der Waals surface area contributed by atoms with E-state index in [1.165, 1.54) is 0 Å². The first-order chi connectivity index (χ1) is 12.1. The minimum Gasteiger partial charge on any atom is -0.384 e. The number of amides is 2. The molecule has 2 saturated heterocycles. The number of likely N-dealkylation sites (tertiary alicyclic amines) is 2. The lowest BCUT2D eigenvalue weighted by Crippen LogP contribution is -2.54. The second kappa shape index (κ2) is 7.95. The summed E-state index contributed by atoms with van der Waals surface area (Å²) in [5.41, 5.74) is 1.14. The van der Waals surface area contributed by atoms with E-state index in [-0.39, 0.29) is 17.2 Å². The van der Waals surface area contributed by atoms with Crippen molar-refractivity contribution >= 4 is 11.8 Å². The average molecular weight is 345 g/mol. The molecule has 6 heteroatoms. The molecular weight excluding hydrogens is 318 g/mol. The Hall–Kier alpha value is -1.95. The number of hydrogen-bond acceptors (Lipinski definition) is 4. The summed E-state index contributed by atoms with van der Waals surface area (Å²) >= 11 is 0. The number of carbonyl (C=O) groups excluding carboxylic acids is 2. The van der Waals surface area contributed by atoms with Crippen molar-refractivity contribution in [3.63, 3.8) is 0 Å². The maximum absolute atomic E-state index is 12.4. The Labute approximate surface area is 149 Å².